The predicted molar refractivity (Wildman–Crippen MR) is 97.7 cm³/mol. The summed E-state index contributed by atoms with van der Waals surface area (Å²) in [6.45, 7) is 6.98. The summed E-state index contributed by atoms with van der Waals surface area (Å²) < 4.78 is 11.6. The number of ether oxygens (including phenoxy) is 2. The van der Waals surface area contributed by atoms with Gasteiger partial charge in [0.15, 0.2) is 17.3 Å². The van der Waals surface area contributed by atoms with Crippen molar-refractivity contribution in [1.82, 2.24) is 4.90 Å². The maximum Gasteiger partial charge on any atom is 0.161 e. The number of hydrogen-bond donors (Lipinski definition) is 0. The van der Waals surface area contributed by atoms with Crippen molar-refractivity contribution in [2.75, 3.05) is 33.4 Å². The molecule has 1 aromatic rings. The van der Waals surface area contributed by atoms with E-state index in [1.165, 1.54) is 12.8 Å². The number of piperidine rings is 1. The van der Waals surface area contributed by atoms with Crippen LogP contribution >= 0.6 is 0 Å². The zero-order valence-electron chi connectivity index (χ0n) is 15.1. The van der Waals surface area contributed by atoms with Crippen molar-refractivity contribution in [2.45, 2.75) is 39.5 Å². The van der Waals surface area contributed by atoms with E-state index in [1.807, 2.05) is 38.2 Å². The first-order valence-corrected chi connectivity index (χ1v) is 8.96. The van der Waals surface area contributed by atoms with Crippen LogP contribution in [0, 0.1) is 0 Å². The summed E-state index contributed by atoms with van der Waals surface area (Å²) in [5.41, 5.74) is 1.85. The second-order valence-corrected chi connectivity index (χ2v) is 6.28. The smallest absolute Gasteiger partial charge is 0.161 e. The summed E-state index contributed by atoms with van der Waals surface area (Å²) in [6, 6.07) is 5.90. The topological polar surface area (TPSA) is 38.8 Å². The van der Waals surface area contributed by atoms with Gasteiger partial charge in [0.1, 0.15) is 0 Å². The molecule has 2 rings (SSSR count). The Morgan fingerprint density at radius 1 is 1.17 bits per heavy atom. The lowest BCUT2D eigenvalue weighted by Gasteiger charge is -2.23. The normalized spacial score (nSPS) is 17.3. The van der Waals surface area contributed by atoms with Crippen LogP contribution in [-0.2, 0) is 4.79 Å². The molecule has 0 N–H and O–H groups in total. The summed E-state index contributed by atoms with van der Waals surface area (Å²) in [7, 11) is 2.04. The van der Waals surface area contributed by atoms with Gasteiger partial charge in [-0.05, 0) is 44.2 Å². The average Bonchev–Trinajstić information content (AvgIpc) is 2.57. The second kappa shape index (κ2) is 9.48. The molecule has 0 bridgehead atoms. The number of carbonyl (C=O) groups is 1. The number of nitrogens with zero attached hydrogens (tertiary/aromatic N) is 1. The number of benzene rings is 1. The molecular weight excluding hydrogens is 302 g/mol. The van der Waals surface area contributed by atoms with Gasteiger partial charge < -0.3 is 14.4 Å². The minimum atomic E-state index is 0.242. The van der Waals surface area contributed by atoms with Gasteiger partial charge in [0, 0.05) is 25.1 Å². The van der Waals surface area contributed by atoms with E-state index in [4.69, 9.17) is 9.47 Å². The molecule has 0 radical (unpaired) electrons. The highest BCUT2D eigenvalue weighted by Gasteiger charge is 2.18. The van der Waals surface area contributed by atoms with Crippen molar-refractivity contribution in [3.05, 3.63) is 29.3 Å². The zero-order chi connectivity index (χ0) is 17.4. The minimum absolute atomic E-state index is 0.242. The number of carbonyl (C=O) groups excluding carboxylic acids is 1. The fourth-order valence-electron chi connectivity index (χ4n) is 2.77. The van der Waals surface area contributed by atoms with Gasteiger partial charge in [-0.25, -0.2) is 0 Å². The largest absolute Gasteiger partial charge is 0.490 e. The van der Waals surface area contributed by atoms with Crippen LogP contribution in [0.25, 0.3) is 6.08 Å². The molecule has 1 aromatic carbocycles. The molecule has 4 heteroatoms. The Bertz CT molecular complexity index is 580. The Morgan fingerprint density at radius 2 is 2.00 bits per heavy atom. The van der Waals surface area contributed by atoms with Gasteiger partial charge in [0.05, 0.1) is 13.2 Å². The van der Waals surface area contributed by atoms with Gasteiger partial charge in [0.2, 0.25) is 0 Å². The number of hydrogen-bond acceptors (Lipinski definition) is 4. The molecule has 0 amide bonds. The first kappa shape index (κ1) is 18.5. The predicted octanol–water partition coefficient (Wildman–Crippen LogP) is 3.94. The van der Waals surface area contributed by atoms with Crippen LogP contribution in [0.5, 0.6) is 11.5 Å². The third-order valence-corrected chi connectivity index (χ3v) is 4.13. The molecule has 0 aromatic heterocycles. The van der Waals surface area contributed by atoms with Crippen LogP contribution in [0.15, 0.2) is 23.8 Å². The van der Waals surface area contributed by atoms with Gasteiger partial charge >= 0.3 is 0 Å². The summed E-state index contributed by atoms with van der Waals surface area (Å²) in [5, 5.41) is 0. The van der Waals surface area contributed by atoms with Crippen LogP contribution < -0.4 is 9.47 Å². The fraction of sp³-hybridized carbons (Fsp3) is 0.550. The lowest BCUT2D eigenvalue weighted by molar-refractivity contribution is -0.117. The third-order valence-electron chi connectivity index (χ3n) is 4.13. The molecule has 0 aliphatic carbocycles. The molecule has 0 unspecified atom stereocenters. The monoisotopic (exact) mass is 331 g/mol. The average molecular weight is 331 g/mol. The number of likely N-dealkylation sites (N-methyl/N-ethyl adjacent to an activating group) is 1. The van der Waals surface area contributed by atoms with Gasteiger partial charge in [-0.15, -0.1) is 0 Å². The van der Waals surface area contributed by atoms with Crippen molar-refractivity contribution in [2.24, 2.45) is 0 Å². The lowest BCUT2D eigenvalue weighted by atomic mass is 10.0. The molecule has 1 aliphatic heterocycles. The molecule has 4 nitrogen and oxygen atoms in total. The number of unbranched alkanes of at least 4 members (excludes halogenated alkanes) is 2. The maximum atomic E-state index is 12.1. The Balaban J connectivity index is 2.13. The molecule has 0 spiro atoms. The Kier molecular flexibility index (Phi) is 7.32. The Morgan fingerprint density at radius 3 is 2.75 bits per heavy atom. The van der Waals surface area contributed by atoms with Crippen LogP contribution in [0.2, 0.25) is 0 Å². The molecular formula is C20H29NO3. The van der Waals surface area contributed by atoms with Gasteiger partial charge in [-0.1, -0.05) is 25.8 Å². The van der Waals surface area contributed by atoms with Gasteiger partial charge in [0.25, 0.3) is 0 Å². The Hall–Kier alpha value is -1.81. The number of ketones is 1. The molecule has 0 atom stereocenters. The highest BCUT2D eigenvalue weighted by molar-refractivity contribution is 6.00. The van der Waals surface area contributed by atoms with E-state index in [2.05, 4.69) is 11.8 Å². The fourth-order valence-corrected chi connectivity index (χ4v) is 2.77. The van der Waals surface area contributed by atoms with E-state index in [9.17, 15) is 4.79 Å². The lowest BCUT2D eigenvalue weighted by Crippen LogP contribution is -2.32. The van der Waals surface area contributed by atoms with Crippen molar-refractivity contribution >= 4 is 11.9 Å². The first-order valence-electron chi connectivity index (χ1n) is 8.96. The SMILES string of the molecule is CCCCCOc1ccc(/C=C2\CN(C)CCC2=O)cc1OCC. The van der Waals surface area contributed by atoms with Crippen LogP contribution in [0.1, 0.15) is 45.1 Å². The maximum absolute atomic E-state index is 12.1. The summed E-state index contributed by atoms with van der Waals surface area (Å²) in [4.78, 5) is 14.2. The van der Waals surface area contributed by atoms with Crippen LogP contribution in [0.3, 0.4) is 0 Å². The number of Topliss-reactive ketones (excluding diaryl/α,β-unsaturated/α-hetero) is 1. The van der Waals surface area contributed by atoms with Gasteiger partial charge in [-0.3, -0.25) is 4.79 Å². The van der Waals surface area contributed by atoms with E-state index >= 15 is 0 Å². The first-order chi connectivity index (χ1) is 11.6. The highest BCUT2D eigenvalue weighted by Crippen LogP contribution is 2.30. The third kappa shape index (κ3) is 5.38. The summed E-state index contributed by atoms with van der Waals surface area (Å²) in [5.74, 6) is 1.77. The highest BCUT2D eigenvalue weighted by atomic mass is 16.5. The molecule has 0 saturated carbocycles. The standard InChI is InChI=1S/C20H29NO3/c1-4-6-7-12-24-19-9-8-16(14-20(19)23-5-2)13-17-15-21(3)11-10-18(17)22/h8-9,13-14H,4-7,10-12,15H2,1-3H3/b17-13+. The molecule has 1 fully saturated rings. The molecule has 1 heterocycles. The summed E-state index contributed by atoms with van der Waals surface area (Å²) >= 11 is 0. The number of rotatable bonds is 8. The van der Waals surface area contributed by atoms with Crippen LogP contribution in [0.4, 0.5) is 0 Å². The van der Waals surface area contributed by atoms with Crippen molar-refractivity contribution in [3.63, 3.8) is 0 Å². The molecule has 24 heavy (non-hydrogen) atoms. The van der Waals surface area contributed by atoms with Crippen molar-refractivity contribution in [1.29, 1.82) is 0 Å². The van der Waals surface area contributed by atoms with E-state index in [0.29, 0.717) is 26.2 Å². The van der Waals surface area contributed by atoms with Gasteiger partial charge in [-0.2, -0.15) is 0 Å². The van der Waals surface area contributed by atoms with Crippen molar-refractivity contribution < 1.29 is 14.3 Å². The second-order valence-electron chi connectivity index (χ2n) is 6.28. The molecule has 132 valence electrons. The van der Waals surface area contributed by atoms with Crippen LogP contribution in [-0.4, -0.2) is 44.0 Å². The zero-order valence-corrected chi connectivity index (χ0v) is 15.1. The quantitative estimate of drug-likeness (QED) is 0.534. The van der Waals surface area contributed by atoms with E-state index < -0.39 is 0 Å². The van der Waals surface area contributed by atoms with E-state index in [-0.39, 0.29) is 5.78 Å². The van der Waals surface area contributed by atoms with E-state index in [1.54, 1.807) is 0 Å². The Labute approximate surface area is 145 Å². The van der Waals surface area contributed by atoms with Crippen molar-refractivity contribution in [3.8, 4) is 11.5 Å². The molecule has 1 aliphatic rings. The minimum Gasteiger partial charge on any atom is -0.490 e. The molecule has 1 saturated heterocycles. The van der Waals surface area contributed by atoms with E-state index in [0.717, 1.165) is 35.6 Å². The number of likely N-dealkylation sites (tertiary alicyclic amines) is 1. The summed E-state index contributed by atoms with van der Waals surface area (Å²) in [6.07, 6.45) is 5.97.